The fraction of sp³-hybridized carbons (Fsp3) is 0.333. The number of nitrogens with zero attached hydrogens (tertiary/aromatic N) is 1. The molecule has 2 aromatic rings. The lowest BCUT2D eigenvalue weighted by molar-refractivity contribution is -0.0421. The van der Waals surface area contributed by atoms with E-state index >= 15 is 0 Å². The zero-order valence-corrected chi connectivity index (χ0v) is 16.6. The van der Waals surface area contributed by atoms with Crippen LogP contribution in [-0.4, -0.2) is 40.4 Å². The summed E-state index contributed by atoms with van der Waals surface area (Å²) in [4.78, 5) is 25.1. The number of aryl methyl sites for hydroxylation is 1. The molecule has 2 N–H and O–H groups in total. The molecule has 0 spiro atoms. The van der Waals surface area contributed by atoms with E-state index in [0.29, 0.717) is 29.3 Å². The summed E-state index contributed by atoms with van der Waals surface area (Å²) in [5, 5.41) is 12.9. The highest BCUT2D eigenvalue weighted by Crippen LogP contribution is 2.29. The average molecular weight is 403 g/mol. The van der Waals surface area contributed by atoms with Gasteiger partial charge >= 0.3 is 6.09 Å². The van der Waals surface area contributed by atoms with Crippen LogP contribution >= 0.6 is 11.6 Å². The molecule has 6 nitrogen and oxygen atoms in total. The third-order valence-corrected chi connectivity index (χ3v) is 5.12. The van der Waals surface area contributed by atoms with Gasteiger partial charge in [-0.05, 0) is 68.7 Å². The van der Waals surface area contributed by atoms with E-state index < -0.39 is 11.8 Å². The van der Waals surface area contributed by atoms with Crippen LogP contribution in [0.5, 0.6) is 0 Å². The third-order valence-electron chi connectivity index (χ3n) is 4.86. The summed E-state index contributed by atoms with van der Waals surface area (Å²) in [6, 6.07) is 14.1. The summed E-state index contributed by atoms with van der Waals surface area (Å²) in [5.41, 5.74) is 1.50. The Morgan fingerprint density at radius 1 is 1.18 bits per heavy atom. The van der Waals surface area contributed by atoms with Crippen molar-refractivity contribution < 1.29 is 19.4 Å². The Morgan fingerprint density at radius 2 is 1.82 bits per heavy atom. The molecule has 1 heterocycles. The lowest BCUT2D eigenvalue weighted by Crippen LogP contribution is -2.47. The molecule has 148 valence electrons. The monoisotopic (exact) mass is 402 g/mol. The first-order valence-electron chi connectivity index (χ1n) is 9.08. The molecule has 0 aromatic heterocycles. The van der Waals surface area contributed by atoms with Gasteiger partial charge in [-0.2, -0.15) is 0 Å². The van der Waals surface area contributed by atoms with Gasteiger partial charge in [0.05, 0.1) is 12.6 Å². The quantitative estimate of drug-likeness (QED) is 0.763. The standard InChI is InChI=1S/C21H23ClN2O4/c1-21(2)24(20(26)27)18(13-28-21)12-5-14-3-10-17(11-4-14)23-19(25)15-6-8-16(22)9-7-15/h3-4,6-11,18H,5,12-13H2,1-2H3,(H,23,25)(H,26,27). The molecule has 0 bridgehead atoms. The van der Waals surface area contributed by atoms with Crippen LogP contribution in [0.3, 0.4) is 0 Å². The predicted octanol–water partition coefficient (Wildman–Crippen LogP) is 4.64. The van der Waals surface area contributed by atoms with E-state index in [0.717, 1.165) is 12.0 Å². The minimum absolute atomic E-state index is 0.170. The zero-order chi connectivity index (χ0) is 20.3. The molecule has 3 rings (SSSR count). The minimum atomic E-state index is -0.965. The first-order chi connectivity index (χ1) is 13.3. The highest BCUT2D eigenvalue weighted by atomic mass is 35.5. The topological polar surface area (TPSA) is 78.9 Å². The van der Waals surface area contributed by atoms with Crippen LogP contribution in [0.1, 0.15) is 36.2 Å². The van der Waals surface area contributed by atoms with Gasteiger partial charge in [-0.3, -0.25) is 9.69 Å². The molecular weight excluding hydrogens is 380 g/mol. The number of hydrogen-bond donors (Lipinski definition) is 2. The maximum absolute atomic E-state index is 12.2. The van der Waals surface area contributed by atoms with Crippen molar-refractivity contribution in [3.8, 4) is 0 Å². The minimum Gasteiger partial charge on any atom is -0.465 e. The lowest BCUT2D eigenvalue weighted by Gasteiger charge is -2.30. The number of carbonyl (C=O) groups excluding carboxylic acids is 1. The SMILES string of the molecule is CC1(C)OCC(CCc2ccc(NC(=O)c3ccc(Cl)cc3)cc2)N1C(=O)O. The van der Waals surface area contributed by atoms with Gasteiger partial charge in [0.2, 0.25) is 0 Å². The van der Waals surface area contributed by atoms with Gasteiger partial charge < -0.3 is 15.2 Å². The molecule has 7 heteroatoms. The van der Waals surface area contributed by atoms with Crippen molar-refractivity contribution in [2.45, 2.75) is 38.5 Å². The Balaban J connectivity index is 1.57. The smallest absolute Gasteiger partial charge is 0.409 e. The molecule has 28 heavy (non-hydrogen) atoms. The average Bonchev–Trinajstić information content (AvgIpc) is 2.96. The van der Waals surface area contributed by atoms with E-state index in [1.165, 1.54) is 4.90 Å². The van der Waals surface area contributed by atoms with E-state index in [9.17, 15) is 14.7 Å². The van der Waals surface area contributed by atoms with Crippen molar-refractivity contribution in [3.05, 3.63) is 64.7 Å². The number of carbonyl (C=O) groups is 2. The van der Waals surface area contributed by atoms with E-state index in [2.05, 4.69) is 5.32 Å². The molecule has 1 saturated heterocycles. The zero-order valence-electron chi connectivity index (χ0n) is 15.8. The van der Waals surface area contributed by atoms with Crippen LogP contribution in [0, 0.1) is 0 Å². The number of carboxylic acid groups (broad SMARTS) is 1. The fourth-order valence-electron chi connectivity index (χ4n) is 3.38. The number of rotatable bonds is 5. The molecular formula is C21H23ClN2O4. The number of hydrogen-bond acceptors (Lipinski definition) is 3. The molecule has 0 aliphatic carbocycles. The number of ether oxygens (including phenoxy) is 1. The largest absolute Gasteiger partial charge is 0.465 e. The number of benzene rings is 2. The third kappa shape index (κ3) is 4.64. The number of amides is 2. The van der Waals surface area contributed by atoms with Gasteiger partial charge in [-0.15, -0.1) is 0 Å². The van der Waals surface area contributed by atoms with Crippen LogP contribution < -0.4 is 5.32 Å². The molecule has 2 aromatic carbocycles. The highest BCUT2D eigenvalue weighted by molar-refractivity contribution is 6.30. The Kier molecular flexibility index (Phi) is 5.91. The molecule has 0 radical (unpaired) electrons. The van der Waals surface area contributed by atoms with Crippen LogP contribution in [0.25, 0.3) is 0 Å². The van der Waals surface area contributed by atoms with E-state index in [1.807, 2.05) is 24.3 Å². The van der Waals surface area contributed by atoms with Crippen molar-refractivity contribution in [3.63, 3.8) is 0 Å². The van der Waals surface area contributed by atoms with Crippen LogP contribution in [-0.2, 0) is 11.2 Å². The number of halogens is 1. The second kappa shape index (κ2) is 8.20. The van der Waals surface area contributed by atoms with Gasteiger partial charge in [0, 0.05) is 16.3 Å². The first-order valence-corrected chi connectivity index (χ1v) is 9.46. The van der Waals surface area contributed by atoms with Crippen LogP contribution in [0.2, 0.25) is 5.02 Å². The van der Waals surface area contributed by atoms with Crippen LogP contribution in [0.15, 0.2) is 48.5 Å². The number of anilines is 1. The van der Waals surface area contributed by atoms with E-state index in [4.69, 9.17) is 16.3 Å². The Hall–Kier alpha value is -2.57. The maximum atomic E-state index is 12.2. The predicted molar refractivity (Wildman–Crippen MR) is 108 cm³/mol. The van der Waals surface area contributed by atoms with Crippen molar-refractivity contribution in [2.24, 2.45) is 0 Å². The van der Waals surface area contributed by atoms with Crippen LogP contribution in [0.4, 0.5) is 10.5 Å². The normalized spacial score (nSPS) is 18.1. The van der Waals surface area contributed by atoms with E-state index in [-0.39, 0.29) is 11.9 Å². The van der Waals surface area contributed by atoms with Gasteiger partial charge in [0.1, 0.15) is 5.72 Å². The van der Waals surface area contributed by atoms with Gasteiger partial charge in [0.25, 0.3) is 5.91 Å². The van der Waals surface area contributed by atoms with Gasteiger partial charge in [-0.1, -0.05) is 23.7 Å². The van der Waals surface area contributed by atoms with Crippen molar-refractivity contribution in [1.29, 1.82) is 0 Å². The highest BCUT2D eigenvalue weighted by Gasteiger charge is 2.43. The molecule has 1 unspecified atom stereocenters. The summed E-state index contributed by atoms with van der Waals surface area (Å²) < 4.78 is 5.62. The van der Waals surface area contributed by atoms with Crippen molar-refractivity contribution in [2.75, 3.05) is 11.9 Å². The first kappa shape index (κ1) is 20.2. The summed E-state index contributed by atoms with van der Waals surface area (Å²) >= 11 is 5.84. The van der Waals surface area contributed by atoms with Crippen molar-refractivity contribution in [1.82, 2.24) is 4.90 Å². The Morgan fingerprint density at radius 3 is 2.43 bits per heavy atom. The molecule has 1 atom stereocenters. The fourth-order valence-corrected chi connectivity index (χ4v) is 3.50. The van der Waals surface area contributed by atoms with Crippen molar-refractivity contribution >= 4 is 29.3 Å². The summed E-state index contributed by atoms with van der Waals surface area (Å²) in [6.07, 6.45) is 0.429. The molecule has 1 aliphatic rings. The summed E-state index contributed by atoms with van der Waals surface area (Å²) in [5.74, 6) is -0.202. The molecule has 1 fully saturated rings. The maximum Gasteiger partial charge on any atom is 0.409 e. The molecule has 2 amide bonds. The molecule has 0 saturated carbocycles. The second-order valence-electron chi connectivity index (χ2n) is 7.26. The van der Waals surface area contributed by atoms with Gasteiger partial charge in [0.15, 0.2) is 0 Å². The Labute approximate surface area is 169 Å². The summed E-state index contributed by atoms with van der Waals surface area (Å²) in [6.45, 7) is 3.92. The Bertz CT molecular complexity index is 850. The summed E-state index contributed by atoms with van der Waals surface area (Å²) in [7, 11) is 0. The van der Waals surface area contributed by atoms with Gasteiger partial charge in [-0.25, -0.2) is 4.79 Å². The van der Waals surface area contributed by atoms with E-state index in [1.54, 1.807) is 38.1 Å². The molecule has 1 aliphatic heterocycles. The lowest BCUT2D eigenvalue weighted by atomic mass is 10.0. The second-order valence-corrected chi connectivity index (χ2v) is 7.70. The number of nitrogens with one attached hydrogen (secondary N) is 1.